The lowest BCUT2D eigenvalue weighted by Crippen LogP contribution is -2.07. The van der Waals surface area contributed by atoms with Crippen LogP contribution in [-0.2, 0) is 9.84 Å². The van der Waals surface area contributed by atoms with E-state index in [1.165, 1.54) is 0 Å². The van der Waals surface area contributed by atoms with Crippen molar-refractivity contribution in [1.29, 1.82) is 0 Å². The second-order valence-corrected chi connectivity index (χ2v) is 6.87. The summed E-state index contributed by atoms with van der Waals surface area (Å²) in [5.41, 5.74) is 0. The van der Waals surface area contributed by atoms with E-state index in [9.17, 15) is 8.42 Å². The van der Waals surface area contributed by atoms with Crippen LogP contribution in [0.4, 0.5) is 0 Å². The summed E-state index contributed by atoms with van der Waals surface area (Å²) in [6.45, 7) is 0. The SMILES string of the molecule is O=S(=O)(CCCCBr)c1ccccc1Br. The van der Waals surface area contributed by atoms with Gasteiger partial charge in [-0.3, -0.25) is 0 Å². The Kier molecular flexibility index (Phi) is 5.29. The molecule has 0 aromatic heterocycles. The first kappa shape index (κ1) is 13.2. The molecule has 0 radical (unpaired) electrons. The van der Waals surface area contributed by atoms with Gasteiger partial charge in [0.1, 0.15) is 0 Å². The zero-order valence-corrected chi connectivity index (χ0v) is 12.1. The summed E-state index contributed by atoms with van der Waals surface area (Å²) in [7, 11) is -3.13. The largest absolute Gasteiger partial charge is 0.224 e. The minimum absolute atomic E-state index is 0.210. The fourth-order valence-corrected chi connectivity index (χ4v) is 4.07. The molecule has 5 heteroatoms. The predicted molar refractivity (Wildman–Crippen MR) is 69.2 cm³/mol. The molecule has 1 aromatic rings. The lowest BCUT2D eigenvalue weighted by Gasteiger charge is -2.05. The molecular weight excluding hydrogens is 344 g/mol. The molecule has 0 saturated carbocycles. The third-order valence-corrected chi connectivity index (χ3v) is 5.34. The van der Waals surface area contributed by atoms with Crippen molar-refractivity contribution >= 4 is 41.7 Å². The van der Waals surface area contributed by atoms with Gasteiger partial charge in [-0.1, -0.05) is 28.1 Å². The van der Waals surface area contributed by atoms with E-state index in [1.807, 2.05) is 6.07 Å². The van der Waals surface area contributed by atoms with Crippen molar-refractivity contribution in [3.05, 3.63) is 28.7 Å². The average molecular weight is 356 g/mol. The number of unbranched alkanes of at least 4 members (excludes halogenated alkanes) is 1. The lowest BCUT2D eigenvalue weighted by atomic mass is 10.4. The Hall–Kier alpha value is 0.130. The highest BCUT2D eigenvalue weighted by Gasteiger charge is 2.16. The van der Waals surface area contributed by atoms with Crippen LogP contribution in [0.15, 0.2) is 33.6 Å². The molecule has 2 nitrogen and oxygen atoms in total. The van der Waals surface area contributed by atoms with E-state index in [0.29, 0.717) is 15.8 Å². The van der Waals surface area contributed by atoms with Gasteiger partial charge in [0.25, 0.3) is 0 Å². The van der Waals surface area contributed by atoms with Gasteiger partial charge in [0.05, 0.1) is 10.6 Å². The molecule has 0 atom stereocenters. The van der Waals surface area contributed by atoms with Crippen LogP contribution >= 0.6 is 31.9 Å². The highest BCUT2D eigenvalue weighted by atomic mass is 79.9. The Bertz CT molecular complexity index is 415. The zero-order chi connectivity index (χ0) is 11.3. The van der Waals surface area contributed by atoms with Gasteiger partial charge in [-0.05, 0) is 40.9 Å². The summed E-state index contributed by atoms with van der Waals surface area (Å²) in [5.74, 6) is 0.210. The molecule has 0 fully saturated rings. The summed E-state index contributed by atoms with van der Waals surface area (Å²) < 4.78 is 24.4. The van der Waals surface area contributed by atoms with Crippen molar-refractivity contribution < 1.29 is 8.42 Å². The Labute approximate surface area is 107 Å². The number of rotatable bonds is 5. The van der Waals surface area contributed by atoms with Crippen LogP contribution in [0.3, 0.4) is 0 Å². The number of hydrogen-bond donors (Lipinski definition) is 0. The molecule has 0 saturated heterocycles. The van der Waals surface area contributed by atoms with E-state index in [-0.39, 0.29) is 5.75 Å². The molecule has 84 valence electrons. The molecule has 0 N–H and O–H groups in total. The van der Waals surface area contributed by atoms with Gasteiger partial charge in [0.15, 0.2) is 9.84 Å². The van der Waals surface area contributed by atoms with Crippen LogP contribution in [0.1, 0.15) is 12.8 Å². The van der Waals surface area contributed by atoms with Gasteiger partial charge >= 0.3 is 0 Å². The number of sulfone groups is 1. The summed E-state index contributed by atoms with van der Waals surface area (Å²) in [6.07, 6.45) is 1.57. The topological polar surface area (TPSA) is 34.1 Å². The Morgan fingerprint density at radius 3 is 2.40 bits per heavy atom. The van der Waals surface area contributed by atoms with Crippen LogP contribution < -0.4 is 0 Å². The lowest BCUT2D eigenvalue weighted by molar-refractivity contribution is 0.592. The monoisotopic (exact) mass is 354 g/mol. The highest BCUT2D eigenvalue weighted by Crippen LogP contribution is 2.22. The second-order valence-electron chi connectivity index (χ2n) is 3.15. The first-order valence-corrected chi connectivity index (χ1v) is 8.18. The Balaban J connectivity index is 2.83. The van der Waals surface area contributed by atoms with Crippen molar-refractivity contribution in [1.82, 2.24) is 0 Å². The second kappa shape index (κ2) is 6.01. The smallest absolute Gasteiger partial charge is 0.179 e. The average Bonchev–Trinajstić information content (AvgIpc) is 2.18. The number of hydrogen-bond acceptors (Lipinski definition) is 2. The van der Waals surface area contributed by atoms with E-state index in [4.69, 9.17) is 0 Å². The molecule has 0 aliphatic carbocycles. The normalized spacial score (nSPS) is 11.6. The van der Waals surface area contributed by atoms with Gasteiger partial charge in [-0.2, -0.15) is 0 Å². The van der Waals surface area contributed by atoms with Gasteiger partial charge in [0, 0.05) is 9.80 Å². The predicted octanol–water partition coefficient (Wildman–Crippen LogP) is 3.40. The summed E-state index contributed by atoms with van der Waals surface area (Å²) in [4.78, 5) is 0.388. The first-order chi connectivity index (χ1) is 7.08. The van der Waals surface area contributed by atoms with Crippen molar-refractivity contribution in [3.8, 4) is 0 Å². The maximum absolute atomic E-state index is 11.9. The molecule has 1 rings (SSSR count). The van der Waals surface area contributed by atoms with E-state index < -0.39 is 9.84 Å². The first-order valence-electron chi connectivity index (χ1n) is 4.61. The van der Waals surface area contributed by atoms with Gasteiger partial charge in [-0.25, -0.2) is 8.42 Å². The van der Waals surface area contributed by atoms with E-state index >= 15 is 0 Å². The van der Waals surface area contributed by atoms with E-state index in [0.717, 1.165) is 11.8 Å². The Morgan fingerprint density at radius 2 is 1.80 bits per heavy atom. The van der Waals surface area contributed by atoms with Crippen LogP contribution in [-0.4, -0.2) is 19.5 Å². The minimum atomic E-state index is -3.13. The molecular formula is C10H12Br2O2S. The molecule has 0 heterocycles. The molecule has 0 bridgehead atoms. The van der Waals surface area contributed by atoms with Gasteiger partial charge in [-0.15, -0.1) is 0 Å². The van der Waals surface area contributed by atoms with Crippen molar-refractivity contribution in [2.75, 3.05) is 11.1 Å². The van der Waals surface area contributed by atoms with E-state index in [2.05, 4.69) is 31.9 Å². The fourth-order valence-electron chi connectivity index (χ4n) is 1.19. The number of benzene rings is 1. The quantitative estimate of drug-likeness (QED) is 0.599. The fraction of sp³-hybridized carbons (Fsp3) is 0.400. The molecule has 0 aliphatic rings. The maximum atomic E-state index is 11.9. The molecule has 0 spiro atoms. The molecule has 0 unspecified atom stereocenters. The van der Waals surface area contributed by atoms with Crippen LogP contribution in [0.5, 0.6) is 0 Å². The number of halogens is 2. The summed E-state index contributed by atoms with van der Waals surface area (Å²) in [5, 5.41) is 0.846. The van der Waals surface area contributed by atoms with Crippen molar-refractivity contribution in [2.24, 2.45) is 0 Å². The molecule has 0 aliphatic heterocycles. The Morgan fingerprint density at radius 1 is 1.13 bits per heavy atom. The molecule has 1 aromatic carbocycles. The van der Waals surface area contributed by atoms with Crippen molar-refractivity contribution in [3.63, 3.8) is 0 Å². The zero-order valence-electron chi connectivity index (χ0n) is 8.12. The maximum Gasteiger partial charge on any atom is 0.179 e. The van der Waals surface area contributed by atoms with Crippen LogP contribution in [0.2, 0.25) is 0 Å². The van der Waals surface area contributed by atoms with Gasteiger partial charge < -0.3 is 0 Å². The molecule has 0 amide bonds. The third kappa shape index (κ3) is 3.89. The standard InChI is InChI=1S/C10H12Br2O2S/c11-7-3-4-8-15(13,14)10-6-2-1-5-9(10)12/h1-2,5-6H,3-4,7-8H2. The van der Waals surface area contributed by atoms with Crippen molar-refractivity contribution in [2.45, 2.75) is 17.7 Å². The summed E-state index contributed by atoms with van der Waals surface area (Å²) >= 11 is 6.54. The van der Waals surface area contributed by atoms with E-state index in [1.54, 1.807) is 18.2 Å². The summed E-state index contributed by atoms with van der Waals surface area (Å²) in [6, 6.07) is 6.93. The van der Waals surface area contributed by atoms with Crippen LogP contribution in [0.25, 0.3) is 0 Å². The number of alkyl halides is 1. The third-order valence-electron chi connectivity index (χ3n) is 1.97. The highest BCUT2D eigenvalue weighted by molar-refractivity contribution is 9.10. The van der Waals surface area contributed by atoms with Gasteiger partial charge in [0.2, 0.25) is 0 Å². The molecule has 15 heavy (non-hydrogen) atoms. The minimum Gasteiger partial charge on any atom is -0.224 e. The van der Waals surface area contributed by atoms with Crippen LogP contribution in [0, 0.1) is 0 Å².